The van der Waals surface area contributed by atoms with Gasteiger partial charge in [-0.1, -0.05) is 51.2 Å². The number of allylic oxidation sites excluding steroid dienone is 1. The molecule has 0 rings (SSSR count). The minimum atomic E-state index is -0.752. The number of hydrogen-bond acceptors (Lipinski definition) is 7. The molecule has 40 heavy (non-hydrogen) atoms. The summed E-state index contributed by atoms with van der Waals surface area (Å²) in [5.74, 6) is -0.783. The maximum atomic E-state index is 12.6. The van der Waals surface area contributed by atoms with Crippen LogP contribution in [-0.4, -0.2) is 92.4 Å². The van der Waals surface area contributed by atoms with Crippen LogP contribution in [0.5, 0.6) is 0 Å². The number of carbonyl (C=O) groups excluding carboxylic acids is 4. The highest BCUT2D eigenvalue weighted by Crippen LogP contribution is 2.15. The van der Waals surface area contributed by atoms with Crippen LogP contribution in [0.25, 0.3) is 0 Å². The summed E-state index contributed by atoms with van der Waals surface area (Å²) >= 11 is 0. The molecule has 3 N–H and O–H groups in total. The van der Waals surface area contributed by atoms with E-state index in [0.717, 1.165) is 57.8 Å². The van der Waals surface area contributed by atoms with Crippen molar-refractivity contribution in [1.82, 2.24) is 10.6 Å². The molecule has 0 saturated carbocycles. The predicted octanol–water partition coefficient (Wildman–Crippen LogP) is 3.41. The van der Waals surface area contributed by atoms with Crippen LogP contribution in [0.1, 0.15) is 97.8 Å². The van der Waals surface area contributed by atoms with E-state index in [-0.39, 0.29) is 36.9 Å². The first-order valence-corrected chi connectivity index (χ1v) is 15.0. The summed E-state index contributed by atoms with van der Waals surface area (Å²) in [5.41, 5.74) is 0. The van der Waals surface area contributed by atoms with Gasteiger partial charge in [0.2, 0.25) is 11.8 Å². The third kappa shape index (κ3) is 23.4. The lowest BCUT2D eigenvalue weighted by Crippen LogP contribution is -2.47. The zero-order valence-electron chi connectivity index (χ0n) is 25.7. The fraction of sp³-hybridized carbons (Fsp3) is 0.800. The molecule has 2 atom stereocenters. The number of likely N-dealkylation sites (N-methyl/N-ethyl adjacent to an activating group) is 1. The highest BCUT2D eigenvalue weighted by Gasteiger charge is 2.27. The fourth-order valence-electron chi connectivity index (χ4n) is 4.11. The predicted molar refractivity (Wildman–Crippen MR) is 156 cm³/mol. The third-order valence-electron chi connectivity index (χ3n) is 6.50. The van der Waals surface area contributed by atoms with Crippen molar-refractivity contribution >= 4 is 23.8 Å². The smallest absolute Gasteiger partial charge is 0.362 e. The summed E-state index contributed by atoms with van der Waals surface area (Å²) < 4.78 is 11.0. The maximum Gasteiger partial charge on any atom is 0.362 e. The number of rotatable bonds is 24. The molecule has 0 bridgehead atoms. The van der Waals surface area contributed by atoms with Crippen molar-refractivity contribution in [2.24, 2.45) is 0 Å². The van der Waals surface area contributed by atoms with Gasteiger partial charge >= 0.3 is 11.9 Å². The molecule has 10 nitrogen and oxygen atoms in total. The first kappa shape index (κ1) is 37.5. The number of amides is 2. The fourth-order valence-corrected chi connectivity index (χ4v) is 4.11. The van der Waals surface area contributed by atoms with Crippen LogP contribution >= 0.6 is 0 Å². The number of aliphatic hydroxyl groups is 1. The van der Waals surface area contributed by atoms with Crippen LogP contribution in [0.2, 0.25) is 0 Å². The van der Waals surface area contributed by atoms with Gasteiger partial charge in [-0.15, -0.1) is 0 Å². The average Bonchev–Trinajstić information content (AvgIpc) is 2.86. The zero-order valence-corrected chi connectivity index (χ0v) is 25.7. The van der Waals surface area contributed by atoms with Gasteiger partial charge in [-0.25, -0.2) is 4.79 Å². The standard InChI is InChI=1S/C30H55N3O7/c1-6-7-14-18-28(40-30(38)24-33(4,5)22-23-39-26(3)35)27(36)17-15-12-10-8-9-11-13-16-19-29(37)32-21-20-31-25(2)34/h12,15,27-28,36H,6-11,13-14,16-24H2,1-5H3,(H-,31,32,34,37)/p+1. The number of quaternary nitrogens is 1. The van der Waals surface area contributed by atoms with Gasteiger partial charge in [0.1, 0.15) is 19.3 Å². The summed E-state index contributed by atoms with van der Waals surface area (Å²) in [6.45, 7) is 6.70. The number of esters is 2. The summed E-state index contributed by atoms with van der Waals surface area (Å²) in [5, 5.41) is 16.2. The van der Waals surface area contributed by atoms with E-state index in [1.54, 1.807) is 0 Å². The molecule has 2 unspecified atom stereocenters. The third-order valence-corrected chi connectivity index (χ3v) is 6.50. The molecule has 2 amide bonds. The van der Waals surface area contributed by atoms with E-state index in [2.05, 4.69) is 23.6 Å². The Bertz CT molecular complexity index is 756. The number of hydrogen-bond donors (Lipinski definition) is 3. The van der Waals surface area contributed by atoms with Crippen LogP contribution in [0.4, 0.5) is 0 Å². The van der Waals surface area contributed by atoms with Gasteiger partial charge in [0, 0.05) is 33.4 Å². The Morgan fingerprint density at radius 3 is 2.25 bits per heavy atom. The van der Waals surface area contributed by atoms with Crippen molar-refractivity contribution < 1.29 is 38.2 Å². The van der Waals surface area contributed by atoms with Gasteiger partial charge in [0.05, 0.1) is 20.2 Å². The minimum absolute atomic E-state index is 0.0209. The van der Waals surface area contributed by atoms with Crippen molar-refractivity contribution in [3.8, 4) is 0 Å². The minimum Gasteiger partial charge on any atom is -0.460 e. The highest BCUT2D eigenvalue weighted by molar-refractivity contribution is 5.76. The van der Waals surface area contributed by atoms with E-state index < -0.39 is 12.2 Å². The molecule has 10 heteroatoms. The maximum absolute atomic E-state index is 12.6. The Hall–Kier alpha value is -2.46. The molecule has 0 heterocycles. The molecule has 0 fully saturated rings. The Morgan fingerprint density at radius 2 is 1.57 bits per heavy atom. The molecule has 0 aromatic heterocycles. The van der Waals surface area contributed by atoms with Gasteiger partial charge in [0.15, 0.2) is 6.54 Å². The molecule has 232 valence electrons. The summed E-state index contributed by atoms with van der Waals surface area (Å²) in [7, 11) is 3.76. The number of ether oxygens (including phenoxy) is 2. The van der Waals surface area contributed by atoms with Crippen LogP contribution in [0.3, 0.4) is 0 Å². The Kier molecular flexibility index (Phi) is 21.8. The van der Waals surface area contributed by atoms with Gasteiger partial charge in [0.25, 0.3) is 0 Å². The highest BCUT2D eigenvalue weighted by atomic mass is 16.6. The zero-order chi connectivity index (χ0) is 30.2. The number of aliphatic hydroxyl groups excluding tert-OH is 1. The summed E-state index contributed by atoms with van der Waals surface area (Å²) in [6.07, 6.45) is 13.3. The second kappa shape index (κ2) is 23.3. The van der Waals surface area contributed by atoms with Crippen molar-refractivity contribution in [3.63, 3.8) is 0 Å². The van der Waals surface area contributed by atoms with E-state index in [1.165, 1.54) is 13.8 Å². The number of carbonyl (C=O) groups is 4. The van der Waals surface area contributed by atoms with Crippen LogP contribution < -0.4 is 10.6 Å². The van der Waals surface area contributed by atoms with Crippen LogP contribution in [-0.2, 0) is 28.7 Å². The largest absolute Gasteiger partial charge is 0.460 e. The lowest BCUT2D eigenvalue weighted by Gasteiger charge is -2.30. The van der Waals surface area contributed by atoms with E-state index in [1.807, 2.05) is 20.2 Å². The first-order chi connectivity index (χ1) is 19.0. The SMILES string of the molecule is CCCCCC(OC(=O)C[N+](C)(C)CCOC(C)=O)C(O)CC=CCCCCCCCC(=O)NCCNC(C)=O. The molecule has 0 radical (unpaired) electrons. The molecule has 0 aromatic carbocycles. The van der Waals surface area contributed by atoms with E-state index in [9.17, 15) is 24.3 Å². The molecule has 0 saturated heterocycles. The molecule has 0 aromatic rings. The van der Waals surface area contributed by atoms with E-state index in [0.29, 0.717) is 43.4 Å². The van der Waals surface area contributed by atoms with Crippen molar-refractivity contribution in [2.75, 3.05) is 46.9 Å². The van der Waals surface area contributed by atoms with Crippen molar-refractivity contribution in [2.45, 2.75) is 110 Å². The lowest BCUT2D eigenvalue weighted by atomic mass is 10.0. The topological polar surface area (TPSA) is 131 Å². The molecule has 0 spiro atoms. The molecule has 0 aliphatic heterocycles. The summed E-state index contributed by atoms with van der Waals surface area (Å²) in [6, 6.07) is 0. The van der Waals surface area contributed by atoms with Crippen molar-refractivity contribution in [1.29, 1.82) is 0 Å². The van der Waals surface area contributed by atoms with Gasteiger partial charge in [-0.05, 0) is 38.5 Å². The van der Waals surface area contributed by atoms with Gasteiger partial charge < -0.3 is 29.7 Å². The van der Waals surface area contributed by atoms with E-state index in [4.69, 9.17) is 9.47 Å². The molecule has 0 aliphatic rings. The first-order valence-electron chi connectivity index (χ1n) is 15.0. The number of nitrogens with zero attached hydrogens (tertiary/aromatic N) is 1. The second-order valence-electron chi connectivity index (χ2n) is 11.1. The van der Waals surface area contributed by atoms with Crippen LogP contribution in [0, 0.1) is 0 Å². The van der Waals surface area contributed by atoms with Crippen LogP contribution in [0.15, 0.2) is 12.2 Å². The van der Waals surface area contributed by atoms with Gasteiger partial charge in [-0.3, -0.25) is 14.4 Å². The second-order valence-corrected chi connectivity index (χ2v) is 11.1. The van der Waals surface area contributed by atoms with E-state index >= 15 is 0 Å². The Balaban J connectivity index is 4.25. The molecule has 0 aliphatic carbocycles. The van der Waals surface area contributed by atoms with Gasteiger partial charge in [-0.2, -0.15) is 0 Å². The quantitative estimate of drug-likeness (QED) is 0.0702. The average molecular weight is 571 g/mol. The molecular formula is C30H56N3O7+. The lowest BCUT2D eigenvalue weighted by molar-refractivity contribution is -0.883. The molecular weight excluding hydrogens is 514 g/mol. The Morgan fingerprint density at radius 1 is 0.900 bits per heavy atom. The number of unbranched alkanes of at least 4 members (excludes halogenated alkanes) is 7. The van der Waals surface area contributed by atoms with Crippen molar-refractivity contribution in [3.05, 3.63) is 12.2 Å². The summed E-state index contributed by atoms with van der Waals surface area (Å²) in [4.78, 5) is 46.2. The Labute approximate surface area is 241 Å². The normalized spacial score (nSPS) is 13.1. The monoisotopic (exact) mass is 570 g/mol. The number of nitrogens with one attached hydrogen (secondary N) is 2.